The molecule has 0 heterocycles. The molecule has 0 radical (unpaired) electrons. The molecular formula is C34H62O6S. The number of thioether (sulfide) groups is 1. The number of aliphatic hydroxyl groups excluding tert-OH is 2. The van der Waals surface area contributed by atoms with Gasteiger partial charge in [0.25, 0.3) is 0 Å². The molecule has 0 fully saturated rings. The highest BCUT2D eigenvalue weighted by Gasteiger charge is 2.13. The van der Waals surface area contributed by atoms with Crippen LogP contribution in [0.15, 0.2) is 0 Å². The molecule has 0 bridgehead atoms. The molecule has 0 amide bonds. The molecule has 0 aliphatic heterocycles. The van der Waals surface area contributed by atoms with Crippen molar-refractivity contribution < 1.29 is 45.0 Å². The zero-order valence-corrected chi connectivity index (χ0v) is 25.0. The normalized spacial score (nSPS) is 9.05. The maximum atomic E-state index is 11.6. The first-order valence-electron chi connectivity index (χ1n) is 13.6. The molecule has 0 aromatic heterocycles. The fraction of sp³-hybridized carbons (Fsp3) is 0.529. The molecule has 7 heteroatoms. The van der Waals surface area contributed by atoms with Crippen molar-refractivity contribution >= 4 is 22.8 Å². The van der Waals surface area contributed by atoms with Crippen LogP contribution in [0.1, 0.15) is 107 Å². The first kappa shape index (κ1) is 39.4. The van der Waals surface area contributed by atoms with Crippen LogP contribution >= 0.6 is 11.8 Å². The van der Waals surface area contributed by atoms with Crippen molar-refractivity contribution in [3.8, 4) is 82.7 Å². The molecule has 0 saturated carbocycles. The van der Waals surface area contributed by atoms with Gasteiger partial charge in [-0.1, -0.05) is 71.1 Å². The van der Waals surface area contributed by atoms with Crippen LogP contribution in [-0.2, 0) is 19.1 Å². The van der Waals surface area contributed by atoms with E-state index in [1.807, 2.05) is 0 Å². The first-order valence-corrected chi connectivity index (χ1v) is 14.4. The standard InChI is InChI=1S/C18H36O5.C16H4OS.11H2/c1-2-3-4-5-6-7-8-9-10-11-12-13-18(21)23-17(14-19)15-22-16-20;1-3-4-5-6-7-8-9-10-11-12-13-14-15-18-16(2)17;;;;;;;;;;;/h17,19-20H,2-16H2,1H3;1H,2H3;11*1H/t17-;;;;;;;;;;;;/m1............/s1. The van der Waals surface area contributed by atoms with Crippen molar-refractivity contribution in [2.24, 2.45) is 0 Å². The van der Waals surface area contributed by atoms with Gasteiger partial charge in [-0.3, -0.25) is 9.59 Å². The molecule has 41 heavy (non-hydrogen) atoms. The fourth-order valence-corrected chi connectivity index (χ4v) is 3.17. The van der Waals surface area contributed by atoms with E-state index >= 15 is 0 Å². The van der Waals surface area contributed by atoms with Gasteiger partial charge in [-0.25, -0.2) is 0 Å². The molecule has 6 nitrogen and oxygen atoms in total. The summed E-state index contributed by atoms with van der Waals surface area (Å²) in [5, 5.41) is 20.0. The number of aliphatic hydroxyl groups is 2. The summed E-state index contributed by atoms with van der Waals surface area (Å²) in [5.41, 5.74) is 0. The third-order valence-electron chi connectivity index (χ3n) is 4.82. The van der Waals surface area contributed by atoms with Crippen molar-refractivity contribution in [1.82, 2.24) is 0 Å². The van der Waals surface area contributed by atoms with Crippen LogP contribution < -0.4 is 0 Å². The first-order chi connectivity index (χ1) is 20.0. The number of carbonyl (C=O) groups excluding carboxylic acids is 2. The summed E-state index contributed by atoms with van der Waals surface area (Å²) in [7, 11) is 0. The van der Waals surface area contributed by atoms with E-state index in [4.69, 9.17) is 26.1 Å². The van der Waals surface area contributed by atoms with Gasteiger partial charge < -0.3 is 19.7 Å². The van der Waals surface area contributed by atoms with Gasteiger partial charge in [-0.2, -0.15) is 0 Å². The monoisotopic (exact) mass is 598 g/mol. The maximum Gasteiger partial charge on any atom is 0.306 e. The predicted molar refractivity (Wildman–Crippen MR) is 188 cm³/mol. The van der Waals surface area contributed by atoms with E-state index < -0.39 is 12.9 Å². The van der Waals surface area contributed by atoms with E-state index in [1.54, 1.807) is 0 Å². The third-order valence-corrected chi connectivity index (χ3v) is 5.32. The number of hydrogen-bond donors (Lipinski definition) is 2. The van der Waals surface area contributed by atoms with E-state index in [2.05, 4.69) is 83.2 Å². The number of esters is 1. The lowest BCUT2D eigenvalue weighted by Gasteiger charge is -2.14. The minimum absolute atomic E-state index is 0. The van der Waals surface area contributed by atoms with E-state index in [1.165, 1.54) is 64.7 Å². The highest BCUT2D eigenvalue weighted by Crippen LogP contribution is 2.12. The number of ether oxygens (including phenoxy) is 2. The largest absolute Gasteiger partial charge is 0.457 e. The van der Waals surface area contributed by atoms with Crippen molar-refractivity contribution in [2.75, 3.05) is 20.0 Å². The number of hydrogen-bond acceptors (Lipinski definition) is 7. The molecule has 240 valence electrons. The number of terminal acetylenes is 1. The van der Waals surface area contributed by atoms with Gasteiger partial charge in [-0.15, -0.1) is 6.42 Å². The topological polar surface area (TPSA) is 93.1 Å². The molecule has 0 aromatic rings. The second-order valence-electron chi connectivity index (χ2n) is 8.29. The molecule has 0 saturated heterocycles. The highest BCUT2D eigenvalue weighted by molar-refractivity contribution is 8.17. The molecule has 2 N–H and O–H groups in total. The van der Waals surface area contributed by atoms with E-state index in [9.17, 15) is 9.59 Å². The number of unbranched alkanes of at least 4 members (excludes halogenated alkanes) is 10. The molecule has 0 rings (SSSR count). The molecule has 1 atom stereocenters. The Morgan fingerprint density at radius 1 is 0.756 bits per heavy atom. The average Bonchev–Trinajstić information content (AvgIpc) is 2.96. The smallest absolute Gasteiger partial charge is 0.306 e. The van der Waals surface area contributed by atoms with Crippen LogP contribution in [0.2, 0.25) is 0 Å². The lowest BCUT2D eigenvalue weighted by molar-refractivity contribution is -0.157. The summed E-state index contributed by atoms with van der Waals surface area (Å²) >= 11 is 0.889. The van der Waals surface area contributed by atoms with Crippen molar-refractivity contribution in [3.05, 3.63) is 0 Å². The zero-order valence-electron chi connectivity index (χ0n) is 24.2. The second-order valence-corrected chi connectivity index (χ2v) is 9.28. The molecular weight excluding hydrogens is 536 g/mol. The molecule has 0 unspecified atom stereocenters. The van der Waals surface area contributed by atoms with Gasteiger partial charge in [0.15, 0.2) is 5.12 Å². The Morgan fingerprint density at radius 2 is 1.22 bits per heavy atom. The third kappa shape index (κ3) is 36.3. The van der Waals surface area contributed by atoms with Gasteiger partial charge in [-0.05, 0) is 82.7 Å². The molecule has 0 aliphatic rings. The highest BCUT2D eigenvalue weighted by atomic mass is 32.2. The maximum absolute atomic E-state index is 11.6. The molecule has 0 aromatic carbocycles. The summed E-state index contributed by atoms with van der Waals surface area (Å²) in [5.74, 6) is 28.6. The Morgan fingerprint density at radius 3 is 1.66 bits per heavy atom. The van der Waals surface area contributed by atoms with Crippen molar-refractivity contribution in [3.63, 3.8) is 0 Å². The fourth-order valence-electron chi connectivity index (χ4n) is 2.93. The van der Waals surface area contributed by atoms with Gasteiger partial charge >= 0.3 is 5.97 Å². The Hall–Kier alpha value is -3.71. The number of rotatable bonds is 17. The van der Waals surface area contributed by atoms with E-state index in [-0.39, 0.29) is 40.0 Å². The van der Waals surface area contributed by atoms with Crippen LogP contribution in [0, 0.1) is 82.7 Å². The zero-order chi connectivity index (χ0) is 30.7. The van der Waals surface area contributed by atoms with Crippen LogP contribution in [0.4, 0.5) is 0 Å². The lowest BCUT2D eigenvalue weighted by atomic mass is 10.1. The lowest BCUT2D eigenvalue weighted by Crippen LogP contribution is -2.27. The quantitative estimate of drug-likeness (QED) is 0.0795. The summed E-state index contributed by atoms with van der Waals surface area (Å²) < 4.78 is 9.79. The Kier molecular flexibility index (Phi) is 33.0. The summed E-state index contributed by atoms with van der Waals surface area (Å²) in [6, 6.07) is 0. The molecule has 0 aliphatic carbocycles. The summed E-state index contributed by atoms with van der Waals surface area (Å²) in [6.45, 7) is 2.97. The van der Waals surface area contributed by atoms with Crippen LogP contribution in [0.3, 0.4) is 0 Å². The van der Waals surface area contributed by atoms with Gasteiger partial charge in [0.05, 0.1) is 13.2 Å². The summed E-state index contributed by atoms with van der Waals surface area (Å²) in [4.78, 5) is 22.1. The minimum atomic E-state index is -0.678. The second kappa shape index (κ2) is 34.3. The van der Waals surface area contributed by atoms with Crippen LogP contribution in [0.5, 0.6) is 0 Å². The summed E-state index contributed by atoms with van der Waals surface area (Å²) in [6.07, 6.45) is 18.2. The predicted octanol–water partition coefficient (Wildman–Crippen LogP) is 7.14. The van der Waals surface area contributed by atoms with Gasteiger partial charge in [0, 0.05) is 40.8 Å². The van der Waals surface area contributed by atoms with Crippen molar-refractivity contribution in [2.45, 2.75) is 97.0 Å². The Bertz CT molecular complexity index is 1180. The van der Waals surface area contributed by atoms with E-state index in [0.29, 0.717) is 6.42 Å². The van der Waals surface area contributed by atoms with Crippen LogP contribution in [0.25, 0.3) is 0 Å². The Labute approximate surface area is 267 Å². The SMILES string of the molecule is C#CC#CC#CC#CC#CC#CC#CSC(C)=O.CCCCCCCCCCCCCC(=O)O[C@H](CO)COCO.[HH].[HH].[HH].[HH].[HH].[HH].[HH].[HH].[HH].[HH].[HH]. The average molecular weight is 599 g/mol. The molecule has 0 spiro atoms. The van der Waals surface area contributed by atoms with Crippen molar-refractivity contribution in [1.29, 1.82) is 0 Å². The number of carbonyl (C=O) groups is 2. The van der Waals surface area contributed by atoms with Gasteiger partial charge in [0.1, 0.15) is 12.9 Å². The van der Waals surface area contributed by atoms with Gasteiger partial charge in [0.2, 0.25) is 0 Å². The van der Waals surface area contributed by atoms with E-state index in [0.717, 1.165) is 24.6 Å². The Balaban J connectivity index is -0.0000000446. The minimum Gasteiger partial charge on any atom is -0.457 e. The van der Waals surface area contributed by atoms with Crippen LogP contribution in [-0.4, -0.2) is 47.4 Å².